The number of benzene rings is 1. The van der Waals surface area contributed by atoms with Crippen LogP contribution in [0, 0.1) is 12.8 Å². The minimum atomic E-state index is 0.691. The summed E-state index contributed by atoms with van der Waals surface area (Å²) in [6.07, 6.45) is 2.32. The van der Waals surface area contributed by atoms with Crippen molar-refractivity contribution in [2.24, 2.45) is 5.92 Å². The molecular weight excluding hydrogens is 262 g/mol. The van der Waals surface area contributed by atoms with Crippen molar-refractivity contribution < 1.29 is 0 Å². The Morgan fingerprint density at radius 3 is 3.06 bits per heavy atom. The van der Waals surface area contributed by atoms with Gasteiger partial charge in [0, 0.05) is 22.1 Å². The molecule has 0 radical (unpaired) electrons. The van der Waals surface area contributed by atoms with E-state index in [2.05, 4.69) is 35.8 Å². The zero-order valence-corrected chi connectivity index (χ0v) is 11.9. The minimum absolute atomic E-state index is 0.691. The summed E-state index contributed by atoms with van der Waals surface area (Å²) in [7, 11) is 0. The predicted molar refractivity (Wildman–Crippen MR) is 79.9 cm³/mol. The van der Waals surface area contributed by atoms with Crippen LogP contribution < -0.4 is 5.32 Å². The fraction of sp³-hybridized carbons (Fsp3) is 0.333. The van der Waals surface area contributed by atoms with E-state index in [4.69, 9.17) is 11.6 Å². The number of fused-ring (bicyclic) bond motifs is 1. The second-order valence-electron chi connectivity index (χ2n) is 4.94. The average Bonchev–Trinajstić information content (AvgIpc) is 2.87. The maximum Gasteiger partial charge on any atom is 0.0455 e. The standard InChI is InChI=1S/C15H16ClNS/c1-10-14(16)5-4-12-7-11(9-17-15(10)12)8-13-3-2-6-18-13/h2-6,11,17H,7-9H2,1H3. The van der Waals surface area contributed by atoms with Crippen molar-refractivity contribution in [2.45, 2.75) is 19.8 Å². The Balaban J connectivity index is 1.79. The molecule has 2 heterocycles. The van der Waals surface area contributed by atoms with E-state index in [1.165, 1.54) is 28.1 Å². The fourth-order valence-corrected chi connectivity index (χ4v) is 3.62. The Morgan fingerprint density at radius 2 is 2.28 bits per heavy atom. The van der Waals surface area contributed by atoms with E-state index < -0.39 is 0 Å². The summed E-state index contributed by atoms with van der Waals surface area (Å²) in [4.78, 5) is 1.48. The highest BCUT2D eigenvalue weighted by atomic mass is 35.5. The van der Waals surface area contributed by atoms with Gasteiger partial charge in [-0.15, -0.1) is 11.3 Å². The molecule has 0 saturated heterocycles. The maximum absolute atomic E-state index is 6.16. The van der Waals surface area contributed by atoms with Crippen molar-refractivity contribution in [3.63, 3.8) is 0 Å². The van der Waals surface area contributed by atoms with Gasteiger partial charge >= 0.3 is 0 Å². The molecule has 1 aliphatic rings. The third-order valence-electron chi connectivity index (χ3n) is 3.63. The van der Waals surface area contributed by atoms with Gasteiger partial charge in [0.15, 0.2) is 0 Å². The zero-order chi connectivity index (χ0) is 12.5. The molecule has 1 N–H and O–H groups in total. The second kappa shape index (κ2) is 4.94. The lowest BCUT2D eigenvalue weighted by molar-refractivity contribution is 0.539. The highest BCUT2D eigenvalue weighted by molar-refractivity contribution is 7.09. The summed E-state index contributed by atoms with van der Waals surface area (Å²) in [6.45, 7) is 3.14. The van der Waals surface area contributed by atoms with Crippen LogP contribution in [0.5, 0.6) is 0 Å². The SMILES string of the molecule is Cc1c(Cl)ccc2c1NCC(Cc1cccs1)C2. The Hall–Kier alpha value is -0.990. The number of nitrogens with one attached hydrogen (secondary N) is 1. The maximum atomic E-state index is 6.16. The van der Waals surface area contributed by atoms with Crippen LogP contribution in [0.3, 0.4) is 0 Å². The first-order valence-electron chi connectivity index (χ1n) is 6.28. The molecular formula is C15H16ClNS. The molecule has 2 aromatic rings. The van der Waals surface area contributed by atoms with E-state index in [0.29, 0.717) is 5.92 Å². The minimum Gasteiger partial charge on any atom is -0.384 e. The van der Waals surface area contributed by atoms with E-state index >= 15 is 0 Å². The molecule has 0 aliphatic carbocycles. The van der Waals surface area contributed by atoms with Gasteiger partial charge in [0.1, 0.15) is 0 Å². The van der Waals surface area contributed by atoms with Crippen molar-refractivity contribution in [3.05, 3.63) is 50.7 Å². The van der Waals surface area contributed by atoms with Gasteiger partial charge in [-0.1, -0.05) is 23.7 Å². The number of anilines is 1. The highest BCUT2D eigenvalue weighted by Gasteiger charge is 2.20. The van der Waals surface area contributed by atoms with E-state index in [-0.39, 0.29) is 0 Å². The normalized spacial score (nSPS) is 18.2. The lowest BCUT2D eigenvalue weighted by Crippen LogP contribution is -2.25. The Morgan fingerprint density at radius 1 is 1.39 bits per heavy atom. The zero-order valence-electron chi connectivity index (χ0n) is 10.4. The molecule has 1 aromatic carbocycles. The number of thiophene rings is 1. The van der Waals surface area contributed by atoms with Crippen molar-refractivity contribution >= 4 is 28.6 Å². The predicted octanol–water partition coefficient (Wildman–Crippen LogP) is 4.54. The Labute approximate surface area is 117 Å². The molecule has 1 nitrogen and oxygen atoms in total. The summed E-state index contributed by atoms with van der Waals surface area (Å²) in [5.74, 6) is 0.691. The van der Waals surface area contributed by atoms with Gasteiger partial charge in [-0.2, -0.15) is 0 Å². The van der Waals surface area contributed by atoms with Gasteiger partial charge in [0.05, 0.1) is 0 Å². The molecule has 0 spiro atoms. The number of hydrogen-bond donors (Lipinski definition) is 1. The van der Waals surface area contributed by atoms with Crippen molar-refractivity contribution in [3.8, 4) is 0 Å². The number of halogens is 1. The van der Waals surface area contributed by atoms with Gasteiger partial charge in [0.2, 0.25) is 0 Å². The molecule has 1 aromatic heterocycles. The van der Waals surface area contributed by atoms with Crippen molar-refractivity contribution in [1.82, 2.24) is 0 Å². The van der Waals surface area contributed by atoms with Gasteiger partial charge in [-0.3, -0.25) is 0 Å². The average molecular weight is 278 g/mol. The summed E-state index contributed by atoms with van der Waals surface area (Å²) in [6, 6.07) is 8.55. The molecule has 0 fully saturated rings. The molecule has 94 valence electrons. The van der Waals surface area contributed by atoms with Crippen LogP contribution in [-0.2, 0) is 12.8 Å². The molecule has 0 saturated carbocycles. The molecule has 1 unspecified atom stereocenters. The van der Waals surface area contributed by atoms with E-state index in [1.54, 1.807) is 0 Å². The summed E-state index contributed by atoms with van der Waals surface area (Å²) in [5, 5.41) is 6.57. The van der Waals surface area contributed by atoms with Crippen LogP contribution in [0.15, 0.2) is 29.6 Å². The topological polar surface area (TPSA) is 12.0 Å². The van der Waals surface area contributed by atoms with Crippen LogP contribution in [0.1, 0.15) is 16.0 Å². The van der Waals surface area contributed by atoms with Crippen LogP contribution in [0.25, 0.3) is 0 Å². The first-order chi connectivity index (χ1) is 8.74. The molecule has 18 heavy (non-hydrogen) atoms. The third-order valence-corrected chi connectivity index (χ3v) is 4.94. The monoisotopic (exact) mass is 277 g/mol. The van der Waals surface area contributed by atoms with E-state index in [1.807, 2.05) is 17.4 Å². The third kappa shape index (κ3) is 2.27. The van der Waals surface area contributed by atoms with Crippen LogP contribution in [0.4, 0.5) is 5.69 Å². The van der Waals surface area contributed by atoms with Gasteiger partial charge in [-0.05, 0) is 54.3 Å². The van der Waals surface area contributed by atoms with Crippen molar-refractivity contribution in [1.29, 1.82) is 0 Å². The van der Waals surface area contributed by atoms with Gasteiger partial charge < -0.3 is 5.32 Å². The molecule has 0 bridgehead atoms. The molecule has 1 aliphatic heterocycles. The highest BCUT2D eigenvalue weighted by Crippen LogP contribution is 2.33. The first-order valence-corrected chi connectivity index (χ1v) is 7.54. The molecule has 3 heteroatoms. The van der Waals surface area contributed by atoms with Crippen LogP contribution in [-0.4, -0.2) is 6.54 Å². The van der Waals surface area contributed by atoms with Crippen LogP contribution in [0.2, 0.25) is 5.02 Å². The molecule has 3 rings (SSSR count). The Kier molecular flexibility index (Phi) is 3.31. The summed E-state index contributed by atoms with van der Waals surface area (Å²) in [5.41, 5.74) is 3.85. The number of hydrogen-bond acceptors (Lipinski definition) is 2. The van der Waals surface area contributed by atoms with Gasteiger partial charge in [0.25, 0.3) is 0 Å². The van der Waals surface area contributed by atoms with Crippen molar-refractivity contribution in [2.75, 3.05) is 11.9 Å². The van der Waals surface area contributed by atoms with Crippen LogP contribution >= 0.6 is 22.9 Å². The lowest BCUT2D eigenvalue weighted by atomic mass is 9.89. The quantitative estimate of drug-likeness (QED) is 0.850. The molecule has 1 atom stereocenters. The van der Waals surface area contributed by atoms with E-state index in [0.717, 1.165) is 18.0 Å². The fourth-order valence-electron chi connectivity index (χ4n) is 2.65. The summed E-state index contributed by atoms with van der Waals surface area (Å²) >= 11 is 8.01. The summed E-state index contributed by atoms with van der Waals surface area (Å²) < 4.78 is 0. The smallest absolute Gasteiger partial charge is 0.0455 e. The lowest BCUT2D eigenvalue weighted by Gasteiger charge is -2.27. The largest absolute Gasteiger partial charge is 0.384 e. The van der Waals surface area contributed by atoms with E-state index in [9.17, 15) is 0 Å². The first kappa shape index (κ1) is 12.1. The van der Waals surface area contributed by atoms with Gasteiger partial charge in [-0.25, -0.2) is 0 Å². The second-order valence-corrected chi connectivity index (χ2v) is 6.38. The Bertz CT molecular complexity index is 548. The number of rotatable bonds is 2. The molecule has 0 amide bonds.